The SMILES string of the molecule is COC(OC)C(C)NCc1ccccc1O. The van der Waals surface area contributed by atoms with E-state index in [0.29, 0.717) is 12.3 Å². The Kier molecular flexibility index (Phi) is 5.25. The van der Waals surface area contributed by atoms with Gasteiger partial charge in [0.1, 0.15) is 5.75 Å². The second-order valence-electron chi connectivity index (χ2n) is 3.64. The van der Waals surface area contributed by atoms with Crippen molar-refractivity contribution in [3.05, 3.63) is 29.8 Å². The summed E-state index contributed by atoms with van der Waals surface area (Å²) in [6.07, 6.45) is -0.286. The van der Waals surface area contributed by atoms with E-state index in [9.17, 15) is 5.11 Å². The molecule has 0 aliphatic rings. The number of phenolic OH excluding ortho intramolecular Hbond substituents is 1. The van der Waals surface area contributed by atoms with Crippen molar-refractivity contribution in [1.29, 1.82) is 0 Å². The molecule has 0 bridgehead atoms. The van der Waals surface area contributed by atoms with Crippen molar-refractivity contribution < 1.29 is 14.6 Å². The summed E-state index contributed by atoms with van der Waals surface area (Å²) >= 11 is 0. The van der Waals surface area contributed by atoms with Crippen LogP contribution in [0.15, 0.2) is 24.3 Å². The maximum absolute atomic E-state index is 9.57. The number of aromatic hydroxyl groups is 1. The highest BCUT2D eigenvalue weighted by Crippen LogP contribution is 2.15. The minimum absolute atomic E-state index is 0.0506. The van der Waals surface area contributed by atoms with Crippen LogP contribution in [-0.2, 0) is 16.0 Å². The molecule has 0 radical (unpaired) electrons. The van der Waals surface area contributed by atoms with Crippen molar-refractivity contribution in [2.75, 3.05) is 14.2 Å². The van der Waals surface area contributed by atoms with Crippen LogP contribution in [0.2, 0.25) is 0 Å². The van der Waals surface area contributed by atoms with Gasteiger partial charge in [0.05, 0.1) is 6.04 Å². The van der Waals surface area contributed by atoms with E-state index in [1.165, 1.54) is 0 Å². The average molecular weight is 225 g/mol. The number of hydrogen-bond donors (Lipinski definition) is 2. The van der Waals surface area contributed by atoms with E-state index in [4.69, 9.17) is 9.47 Å². The molecule has 1 unspecified atom stereocenters. The Labute approximate surface area is 96.2 Å². The molecule has 1 aromatic rings. The maximum atomic E-state index is 9.57. The van der Waals surface area contributed by atoms with E-state index in [1.807, 2.05) is 19.1 Å². The fourth-order valence-corrected chi connectivity index (χ4v) is 1.53. The Morgan fingerprint density at radius 1 is 1.25 bits per heavy atom. The summed E-state index contributed by atoms with van der Waals surface area (Å²) in [6, 6.07) is 7.30. The second kappa shape index (κ2) is 6.48. The van der Waals surface area contributed by atoms with E-state index in [1.54, 1.807) is 26.4 Å². The quantitative estimate of drug-likeness (QED) is 0.720. The topological polar surface area (TPSA) is 50.7 Å². The van der Waals surface area contributed by atoms with Gasteiger partial charge >= 0.3 is 0 Å². The minimum Gasteiger partial charge on any atom is -0.508 e. The van der Waals surface area contributed by atoms with Gasteiger partial charge in [0.15, 0.2) is 6.29 Å². The first kappa shape index (κ1) is 13.0. The molecule has 90 valence electrons. The van der Waals surface area contributed by atoms with Crippen LogP contribution in [-0.4, -0.2) is 31.7 Å². The summed E-state index contributed by atoms with van der Waals surface area (Å²) in [5, 5.41) is 12.8. The molecule has 0 aromatic heterocycles. The molecule has 0 amide bonds. The van der Waals surface area contributed by atoms with Gasteiger partial charge in [-0.2, -0.15) is 0 Å². The minimum atomic E-state index is -0.286. The molecule has 1 rings (SSSR count). The van der Waals surface area contributed by atoms with Crippen LogP contribution >= 0.6 is 0 Å². The summed E-state index contributed by atoms with van der Waals surface area (Å²) in [5.41, 5.74) is 0.861. The lowest BCUT2D eigenvalue weighted by Crippen LogP contribution is -2.39. The molecule has 0 heterocycles. The Hall–Kier alpha value is -1.10. The van der Waals surface area contributed by atoms with Gasteiger partial charge < -0.3 is 19.9 Å². The van der Waals surface area contributed by atoms with Gasteiger partial charge in [-0.3, -0.25) is 0 Å². The molecule has 0 aliphatic heterocycles. The molecular weight excluding hydrogens is 206 g/mol. The van der Waals surface area contributed by atoms with Crippen molar-refractivity contribution >= 4 is 0 Å². The molecule has 4 heteroatoms. The number of methoxy groups -OCH3 is 2. The smallest absolute Gasteiger partial charge is 0.171 e. The number of phenols is 1. The van der Waals surface area contributed by atoms with Crippen molar-refractivity contribution in [2.24, 2.45) is 0 Å². The van der Waals surface area contributed by atoms with Crippen LogP contribution in [0.1, 0.15) is 12.5 Å². The zero-order valence-corrected chi connectivity index (χ0v) is 9.93. The number of para-hydroxylation sites is 1. The van der Waals surface area contributed by atoms with Gasteiger partial charge in [0, 0.05) is 26.3 Å². The van der Waals surface area contributed by atoms with Crippen LogP contribution < -0.4 is 5.32 Å². The van der Waals surface area contributed by atoms with E-state index >= 15 is 0 Å². The zero-order chi connectivity index (χ0) is 12.0. The number of rotatable bonds is 6. The molecule has 0 saturated heterocycles. The number of benzene rings is 1. The van der Waals surface area contributed by atoms with Crippen molar-refractivity contribution in [2.45, 2.75) is 25.8 Å². The third kappa shape index (κ3) is 3.48. The summed E-state index contributed by atoms with van der Waals surface area (Å²) in [4.78, 5) is 0. The first-order valence-corrected chi connectivity index (χ1v) is 5.25. The van der Waals surface area contributed by atoms with Gasteiger partial charge in [0.2, 0.25) is 0 Å². The van der Waals surface area contributed by atoms with E-state index in [2.05, 4.69) is 5.32 Å². The molecule has 0 saturated carbocycles. The maximum Gasteiger partial charge on any atom is 0.171 e. The number of ether oxygens (including phenoxy) is 2. The van der Waals surface area contributed by atoms with Gasteiger partial charge in [-0.15, -0.1) is 0 Å². The molecule has 1 aromatic carbocycles. The normalized spacial score (nSPS) is 13.0. The predicted octanol–water partition coefficient (Wildman–Crippen LogP) is 1.49. The van der Waals surface area contributed by atoms with Crippen LogP contribution in [0.3, 0.4) is 0 Å². The van der Waals surface area contributed by atoms with Crippen LogP contribution in [0.25, 0.3) is 0 Å². The summed E-state index contributed by atoms with van der Waals surface area (Å²) in [5.74, 6) is 0.300. The lowest BCUT2D eigenvalue weighted by molar-refractivity contribution is -0.119. The monoisotopic (exact) mass is 225 g/mol. The standard InChI is InChI=1S/C12H19NO3/c1-9(12(15-2)16-3)13-8-10-6-4-5-7-11(10)14/h4-7,9,12-14H,8H2,1-3H3. The Balaban J connectivity index is 2.48. The zero-order valence-electron chi connectivity index (χ0n) is 9.93. The Morgan fingerprint density at radius 2 is 1.88 bits per heavy atom. The second-order valence-corrected chi connectivity index (χ2v) is 3.64. The number of nitrogens with one attached hydrogen (secondary N) is 1. The number of hydrogen-bond acceptors (Lipinski definition) is 4. The Morgan fingerprint density at radius 3 is 2.44 bits per heavy atom. The highest BCUT2D eigenvalue weighted by Gasteiger charge is 2.15. The first-order valence-electron chi connectivity index (χ1n) is 5.25. The lowest BCUT2D eigenvalue weighted by Gasteiger charge is -2.22. The molecule has 0 fully saturated rings. The lowest BCUT2D eigenvalue weighted by atomic mass is 10.2. The van der Waals surface area contributed by atoms with Gasteiger partial charge in [0.25, 0.3) is 0 Å². The average Bonchev–Trinajstić information content (AvgIpc) is 2.29. The van der Waals surface area contributed by atoms with Crippen molar-refractivity contribution in [3.8, 4) is 5.75 Å². The van der Waals surface area contributed by atoms with Gasteiger partial charge in [-0.1, -0.05) is 18.2 Å². The molecule has 4 nitrogen and oxygen atoms in total. The fourth-order valence-electron chi connectivity index (χ4n) is 1.53. The molecule has 16 heavy (non-hydrogen) atoms. The van der Waals surface area contributed by atoms with Crippen molar-refractivity contribution in [1.82, 2.24) is 5.32 Å². The molecule has 0 aliphatic carbocycles. The summed E-state index contributed by atoms with van der Waals surface area (Å²) in [7, 11) is 3.21. The summed E-state index contributed by atoms with van der Waals surface area (Å²) < 4.78 is 10.3. The van der Waals surface area contributed by atoms with E-state index in [0.717, 1.165) is 5.56 Å². The summed E-state index contributed by atoms with van der Waals surface area (Å²) in [6.45, 7) is 2.55. The molecular formula is C12H19NO3. The third-order valence-corrected chi connectivity index (χ3v) is 2.48. The first-order chi connectivity index (χ1) is 7.69. The van der Waals surface area contributed by atoms with Crippen LogP contribution in [0.5, 0.6) is 5.75 Å². The highest BCUT2D eigenvalue weighted by atomic mass is 16.7. The largest absolute Gasteiger partial charge is 0.508 e. The molecule has 0 spiro atoms. The van der Waals surface area contributed by atoms with Crippen LogP contribution in [0.4, 0.5) is 0 Å². The van der Waals surface area contributed by atoms with Gasteiger partial charge in [-0.25, -0.2) is 0 Å². The third-order valence-electron chi connectivity index (χ3n) is 2.48. The molecule has 1 atom stereocenters. The Bertz CT molecular complexity index is 313. The predicted molar refractivity (Wildman–Crippen MR) is 62.2 cm³/mol. The highest BCUT2D eigenvalue weighted by molar-refractivity contribution is 5.31. The molecule has 2 N–H and O–H groups in total. The van der Waals surface area contributed by atoms with Crippen LogP contribution in [0, 0.1) is 0 Å². The van der Waals surface area contributed by atoms with E-state index < -0.39 is 0 Å². The van der Waals surface area contributed by atoms with Gasteiger partial charge in [-0.05, 0) is 13.0 Å². The van der Waals surface area contributed by atoms with E-state index in [-0.39, 0.29) is 12.3 Å². The van der Waals surface area contributed by atoms with Crippen molar-refractivity contribution in [3.63, 3.8) is 0 Å². The fraction of sp³-hybridized carbons (Fsp3) is 0.500.